The van der Waals surface area contributed by atoms with Crippen LogP contribution < -0.4 is 0 Å². The lowest BCUT2D eigenvalue weighted by Gasteiger charge is -2.05. The van der Waals surface area contributed by atoms with E-state index >= 15 is 0 Å². The standard InChI is InChI=1S/C14H11FN2/c1-10-2-4-12(5-3-10)14-13(15)11(6-8-16)7-9-17-14/h2-5,7,9H,6H2,1H3. The zero-order chi connectivity index (χ0) is 12.3. The Kier molecular flexibility index (Phi) is 3.15. The van der Waals surface area contributed by atoms with Crippen molar-refractivity contribution in [2.75, 3.05) is 0 Å². The van der Waals surface area contributed by atoms with Gasteiger partial charge in [0.15, 0.2) is 5.82 Å². The largest absolute Gasteiger partial charge is 0.253 e. The Balaban J connectivity index is 2.49. The zero-order valence-corrected chi connectivity index (χ0v) is 9.44. The summed E-state index contributed by atoms with van der Waals surface area (Å²) in [6.45, 7) is 1.97. The number of benzene rings is 1. The summed E-state index contributed by atoms with van der Waals surface area (Å²) >= 11 is 0. The van der Waals surface area contributed by atoms with Gasteiger partial charge in [0.1, 0.15) is 5.69 Å². The number of pyridine rings is 1. The summed E-state index contributed by atoms with van der Waals surface area (Å²) < 4.78 is 14.0. The average Bonchev–Trinajstić information content (AvgIpc) is 2.34. The van der Waals surface area contributed by atoms with Crippen LogP contribution in [0.1, 0.15) is 11.1 Å². The second-order valence-electron chi connectivity index (χ2n) is 3.83. The minimum Gasteiger partial charge on any atom is -0.253 e. The van der Waals surface area contributed by atoms with Crippen LogP contribution in [0.5, 0.6) is 0 Å². The number of aromatic nitrogens is 1. The van der Waals surface area contributed by atoms with E-state index in [1.165, 1.54) is 12.3 Å². The summed E-state index contributed by atoms with van der Waals surface area (Å²) in [6.07, 6.45) is 1.60. The first-order valence-electron chi connectivity index (χ1n) is 5.29. The summed E-state index contributed by atoms with van der Waals surface area (Å²) in [6, 6.07) is 11.0. The molecule has 0 aliphatic heterocycles. The molecule has 0 fully saturated rings. The molecule has 0 bridgehead atoms. The molecule has 84 valence electrons. The monoisotopic (exact) mass is 226 g/mol. The molecule has 2 aromatic rings. The minimum absolute atomic E-state index is 0.0627. The second-order valence-corrected chi connectivity index (χ2v) is 3.83. The van der Waals surface area contributed by atoms with Gasteiger partial charge in [0.05, 0.1) is 12.5 Å². The van der Waals surface area contributed by atoms with Crippen molar-refractivity contribution in [3.05, 3.63) is 53.5 Å². The second kappa shape index (κ2) is 4.75. The lowest BCUT2D eigenvalue weighted by Crippen LogP contribution is -1.95. The fourth-order valence-corrected chi connectivity index (χ4v) is 1.62. The Labute approximate surface area is 99.4 Å². The summed E-state index contributed by atoms with van der Waals surface area (Å²) in [7, 11) is 0. The van der Waals surface area contributed by atoms with Crippen LogP contribution in [-0.4, -0.2) is 4.98 Å². The molecule has 0 aliphatic rings. The topological polar surface area (TPSA) is 36.7 Å². The molecule has 0 radical (unpaired) electrons. The van der Waals surface area contributed by atoms with E-state index in [-0.39, 0.29) is 6.42 Å². The first-order chi connectivity index (χ1) is 8.22. The molecular weight excluding hydrogens is 215 g/mol. The third-order valence-corrected chi connectivity index (χ3v) is 2.56. The highest BCUT2D eigenvalue weighted by atomic mass is 19.1. The van der Waals surface area contributed by atoms with E-state index in [4.69, 9.17) is 5.26 Å². The van der Waals surface area contributed by atoms with Crippen LogP contribution in [0.15, 0.2) is 36.5 Å². The smallest absolute Gasteiger partial charge is 0.153 e. The number of hydrogen-bond acceptors (Lipinski definition) is 2. The predicted octanol–water partition coefficient (Wildman–Crippen LogP) is 3.26. The normalized spacial score (nSPS) is 9.94. The highest BCUT2D eigenvalue weighted by Crippen LogP contribution is 2.23. The third kappa shape index (κ3) is 2.31. The van der Waals surface area contributed by atoms with Crippen LogP contribution in [-0.2, 0) is 6.42 Å². The average molecular weight is 226 g/mol. The van der Waals surface area contributed by atoms with Crippen molar-refractivity contribution in [2.24, 2.45) is 0 Å². The molecule has 0 N–H and O–H groups in total. The maximum atomic E-state index is 14.0. The number of nitriles is 1. The quantitative estimate of drug-likeness (QED) is 0.788. The van der Waals surface area contributed by atoms with E-state index in [2.05, 4.69) is 4.98 Å². The molecule has 3 heteroatoms. The van der Waals surface area contributed by atoms with Gasteiger partial charge in [0.25, 0.3) is 0 Å². The van der Waals surface area contributed by atoms with Crippen LogP contribution in [0.25, 0.3) is 11.3 Å². The van der Waals surface area contributed by atoms with Crippen molar-refractivity contribution in [2.45, 2.75) is 13.3 Å². The van der Waals surface area contributed by atoms with Gasteiger partial charge in [-0.3, -0.25) is 4.98 Å². The lowest BCUT2D eigenvalue weighted by atomic mass is 10.1. The van der Waals surface area contributed by atoms with Gasteiger partial charge in [-0.05, 0) is 13.0 Å². The van der Waals surface area contributed by atoms with E-state index in [0.717, 1.165) is 11.1 Å². The van der Waals surface area contributed by atoms with Gasteiger partial charge < -0.3 is 0 Å². The molecule has 0 unspecified atom stereocenters. The Morgan fingerprint density at radius 2 is 1.94 bits per heavy atom. The summed E-state index contributed by atoms with van der Waals surface area (Å²) in [4.78, 5) is 4.04. The molecule has 2 nitrogen and oxygen atoms in total. The van der Waals surface area contributed by atoms with Crippen LogP contribution in [0.3, 0.4) is 0 Å². The van der Waals surface area contributed by atoms with Gasteiger partial charge in [0, 0.05) is 17.3 Å². The molecular formula is C14H11FN2. The highest BCUT2D eigenvalue weighted by molar-refractivity contribution is 5.61. The summed E-state index contributed by atoms with van der Waals surface area (Å²) in [5, 5.41) is 8.60. The van der Waals surface area contributed by atoms with Crippen LogP contribution in [0.2, 0.25) is 0 Å². The van der Waals surface area contributed by atoms with E-state index in [0.29, 0.717) is 11.3 Å². The molecule has 1 heterocycles. The summed E-state index contributed by atoms with van der Waals surface area (Å²) in [5.74, 6) is -0.405. The van der Waals surface area contributed by atoms with Crippen molar-refractivity contribution >= 4 is 0 Å². The Morgan fingerprint density at radius 3 is 2.59 bits per heavy atom. The molecule has 1 aromatic carbocycles. The van der Waals surface area contributed by atoms with Crippen LogP contribution >= 0.6 is 0 Å². The SMILES string of the molecule is Cc1ccc(-c2nccc(CC#N)c2F)cc1. The predicted molar refractivity (Wildman–Crippen MR) is 63.7 cm³/mol. The van der Waals surface area contributed by atoms with Crippen molar-refractivity contribution in [1.82, 2.24) is 4.98 Å². The fourth-order valence-electron chi connectivity index (χ4n) is 1.62. The third-order valence-electron chi connectivity index (χ3n) is 2.56. The van der Waals surface area contributed by atoms with Gasteiger partial charge >= 0.3 is 0 Å². The number of halogens is 1. The lowest BCUT2D eigenvalue weighted by molar-refractivity contribution is 0.613. The van der Waals surface area contributed by atoms with E-state index < -0.39 is 5.82 Å². The number of nitrogens with zero attached hydrogens (tertiary/aromatic N) is 2. The molecule has 0 saturated carbocycles. The Bertz CT molecular complexity index is 568. The van der Waals surface area contributed by atoms with Crippen molar-refractivity contribution in [3.8, 4) is 17.3 Å². The number of hydrogen-bond donors (Lipinski definition) is 0. The number of aryl methyl sites for hydroxylation is 1. The fraction of sp³-hybridized carbons (Fsp3) is 0.143. The van der Waals surface area contributed by atoms with Crippen molar-refractivity contribution < 1.29 is 4.39 Å². The first kappa shape index (κ1) is 11.3. The molecule has 2 rings (SSSR count). The molecule has 0 aliphatic carbocycles. The van der Waals surface area contributed by atoms with Crippen LogP contribution in [0, 0.1) is 24.1 Å². The van der Waals surface area contributed by atoms with Gasteiger partial charge in [0.2, 0.25) is 0 Å². The van der Waals surface area contributed by atoms with E-state index in [1.807, 2.05) is 37.3 Å². The van der Waals surface area contributed by atoms with Gasteiger partial charge in [-0.15, -0.1) is 0 Å². The molecule has 0 saturated heterocycles. The molecule has 0 atom stereocenters. The van der Waals surface area contributed by atoms with Gasteiger partial charge in [-0.25, -0.2) is 4.39 Å². The molecule has 0 amide bonds. The maximum Gasteiger partial charge on any atom is 0.153 e. The molecule has 17 heavy (non-hydrogen) atoms. The van der Waals surface area contributed by atoms with Crippen molar-refractivity contribution in [1.29, 1.82) is 5.26 Å². The van der Waals surface area contributed by atoms with E-state index in [1.54, 1.807) is 0 Å². The minimum atomic E-state index is -0.405. The number of rotatable bonds is 2. The Hall–Kier alpha value is -2.21. The summed E-state index contributed by atoms with van der Waals surface area (Å²) in [5.41, 5.74) is 2.53. The Morgan fingerprint density at radius 1 is 1.24 bits per heavy atom. The maximum absolute atomic E-state index is 14.0. The van der Waals surface area contributed by atoms with Gasteiger partial charge in [-0.2, -0.15) is 5.26 Å². The van der Waals surface area contributed by atoms with Crippen molar-refractivity contribution in [3.63, 3.8) is 0 Å². The zero-order valence-electron chi connectivity index (χ0n) is 9.44. The van der Waals surface area contributed by atoms with Gasteiger partial charge in [-0.1, -0.05) is 29.8 Å². The first-order valence-corrected chi connectivity index (χ1v) is 5.29. The van der Waals surface area contributed by atoms with E-state index in [9.17, 15) is 4.39 Å². The highest BCUT2D eigenvalue weighted by Gasteiger charge is 2.10. The van der Waals surface area contributed by atoms with Crippen LogP contribution in [0.4, 0.5) is 4.39 Å². The molecule has 0 spiro atoms. The molecule has 1 aromatic heterocycles.